The maximum Gasteiger partial charge on any atom is 0.235 e. The molecule has 1 aliphatic heterocycles. The molecule has 1 aromatic carbocycles. The Bertz CT molecular complexity index is 872. The number of halogens is 1. The lowest BCUT2D eigenvalue weighted by atomic mass is 10.0. The van der Waals surface area contributed by atoms with E-state index >= 15 is 0 Å². The van der Waals surface area contributed by atoms with E-state index in [0.717, 1.165) is 13.1 Å². The molecule has 2 N–H and O–H groups in total. The molecule has 0 saturated carbocycles. The Labute approximate surface area is 142 Å². The van der Waals surface area contributed by atoms with E-state index in [1.54, 1.807) is 19.1 Å². The molecule has 1 aliphatic rings. The summed E-state index contributed by atoms with van der Waals surface area (Å²) in [6.45, 7) is 4.54. The lowest BCUT2D eigenvalue weighted by molar-refractivity contribution is -0.932. The van der Waals surface area contributed by atoms with Gasteiger partial charge in [0.25, 0.3) is 0 Å². The number of nitrogens with zero attached hydrogens (tertiary/aromatic N) is 3. The van der Waals surface area contributed by atoms with Gasteiger partial charge in [-0.3, -0.25) is 0 Å². The Kier molecular flexibility index (Phi) is 3.95. The zero-order valence-corrected chi connectivity index (χ0v) is 14.0. The van der Waals surface area contributed by atoms with E-state index in [9.17, 15) is 9.50 Å². The number of thiazole rings is 1. The number of fused-ring (bicyclic) bond motifs is 1. The molecule has 24 heavy (non-hydrogen) atoms. The number of rotatable bonds is 3. The SMILES string of the molecule is Cc1nc2sc([C@@H](c3ccccc3F)[NH+]3CCOCC3)c(O)n2n1. The minimum Gasteiger partial charge on any atom is -0.492 e. The van der Waals surface area contributed by atoms with Gasteiger partial charge >= 0.3 is 0 Å². The second-order valence-electron chi connectivity index (χ2n) is 5.87. The van der Waals surface area contributed by atoms with E-state index in [1.165, 1.54) is 26.8 Å². The molecule has 126 valence electrons. The molecule has 1 atom stereocenters. The fourth-order valence-corrected chi connectivity index (χ4v) is 4.39. The lowest BCUT2D eigenvalue weighted by Crippen LogP contribution is -3.14. The third kappa shape index (κ3) is 2.56. The van der Waals surface area contributed by atoms with Crippen LogP contribution in [0, 0.1) is 12.7 Å². The maximum absolute atomic E-state index is 14.5. The highest BCUT2D eigenvalue weighted by molar-refractivity contribution is 7.17. The van der Waals surface area contributed by atoms with Crippen molar-refractivity contribution in [2.45, 2.75) is 13.0 Å². The van der Waals surface area contributed by atoms with E-state index in [-0.39, 0.29) is 17.7 Å². The monoisotopic (exact) mass is 349 g/mol. The zero-order valence-electron chi connectivity index (χ0n) is 13.2. The van der Waals surface area contributed by atoms with Gasteiger partial charge < -0.3 is 14.7 Å². The van der Waals surface area contributed by atoms with Crippen LogP contribution < -0.4 is 4.90 Å². The number of aryl methyl sites for hydroxylation is 1. The molecule has 6 nitrogen and oxygen atoms in total. The first-order chi connectivity index (χ1) is 11.6. The highest BCUT2D eigenvalue weighted by Gasteiger charge is 2.35. The van der Waals surface area contributed by atoms with Crippen LogP contribution >= 0.6 is 11.3 Å². The van der Waals surface area contributed by atoms with Crippen LogP contribution in [0.25, 0.3) is 4.96 Å². The van der Waals surface area contributed by atoms with Crippen molar-refractivity contribution in [2.75, 3.05) is 26.3 Å². The molecule has 0 spiro atoms. The van der Waals surface area contributed by atoms with Crippen molar-refractivity contribution in [3.05, 3.63) is 46.3 Å². The molecule has 1 fully saturated rings. The van der Waals surface area contributed by atoms with Crippen molar-refractivity contribution in [1.29, 1.82) is 0 Å². The third-order valence-electron chi connectivity index (χ3n) is 4.33. The first kappa shape index (κ1) is 15.5. The van der Waals surface area contributed by atoms with Crippen LogP contribution in [0.2, 0.25) is 0 Å². The van der Waals surface area contributed by atoms with Crippen LogP contribution in [0.15, 0.2) is 24.3 Å². The smallest absolute Gasteiger partial charge is 0.235 e. The van der Waals surface area contributed by atoms with E-state index < -0.39 is 0 Å². The van der Waals surface area contributed by atoms with E-state index in [2.05, 4.69) is 10.1 Å². The van der Waals surface area contributed by atoms with Crippen LogP contribution in [0.3, 0.4) is 0 Å². The number of aromatic hydroxyl groups is 1. The number of hydrogen-bond donors (Lipinski definition) is 2. The minimum absolute atomic E-state index is 0.0443. The maximum atomic E-state index is 14.5. The van der Waals surface area contributed by atoms with Gasteiger partial charge in [-0.05, 0) is 19.1 Å². The van der Waals surface area contributed by atoms with E-state index in [1.807, 2.05) is 6.07 Å². The fraction of sp³-hybridized carbons (Fsp3) is 0.375. The highest BCUT2D eigenvalue weighted by atomic mass is 32.1. The predicted octanol–water partition coefficient (Wildman–Crippen LogP) is 0.948. The van der Waals surface area contributed by atoms with Gasteiger partial charge in [0.2, 0.25) is 10.8 Å². The second kappa shape index (κ2) is 6.12. The molecule has 2 aromatic heterocycles. The summed E-state index contributed by atoms with van der Waals surface area (Å²) in [4.78, 5) is 6.80. The number of morpholine rings is 1. The molecule has 0 radical (unpaired) electrons. The Hall–Kier alpha value is -2.03. The number of nitrogens with one attached hydrogen (secondary N) is 1. The van der Waals surface area contributed by atoms with Crippen molar-refractivity contribution in [3.8, 4) is 5.88 Å². The second-order valence-corrected chi connectivity index (χ2v) is 6.88. The van der Waals surface area contributed by atoms with Gasteiger partial charge in [0.1, 0.15) is 29.6 Å². The van der Waals surface area contributed by atoms with Gasteiger partial charge in [-0.15, -0.1) is 5.10 Å². The van der Waals surface area contributed by atoms with Crippen LogP contribution in [0.5, 0.6) is 5.88 Å². The Morgan fingerprint density at radius 2 is 2.08 bits per heavy atom. The Morgan fingerprint density at radius 3 is 2.79 bits per heavy atom. The van der Waals surface area contributed by atoms with Gasteiger partial charge in [-0.1, -0.05) is 23.5 Å². The van der Waals surface area contributed by atoms with Crippen LogP contribution in [-0.4, -0.2) is 46.0 Å². The Balaban J connectivity index is 1.86. The molecule has 0 aliphatic carbocycles. The zero-order chi connectivity index (χ0) is 16.7. The summed E-state index contributed by atoms with van der Waals surface area (Å²) < 4.78 is 21.4. The third-order valence-corrected chi connectivity index (χ3v) is 5.41. The molecule has 0 bridgehead atoms. The molecule has 3 aromatic rings. The average Bonchev–Trinajstić information content (AvgIpc) is 3.09. The number of quaternary nitrogens is 1. The van der Waals surface area contributed by atoms with Crippen LogP contribution in [0.4, 0.5) is 4.39 Å². The molecule has 4 rings (SSSR count). The van der Waals surface area contributed by atoms with Gasteiger partial charge in [0.15, 0.2) is 6.04 Å². The summed E-state index contributed by atoms with van der Waals surface area (Å²) in [5.74, 6) is 0.378. The van der Waals surface area contributed by atoms with Crippen molar-refractivity contribution in [3.63, 3.8) is 0 Å². The summed E-state index contributed by atoms with van der Waals surface area (Å²) in [5, 5.41) is 14.9. The molecule has 0 unspecified atom stereocenters. The first-order valence-corrected chi connectivity index (χ1v) is 8.68. The first-order valence-electron chi connectivity index (χ1n) is 7.87. The van der Waals surface area contributed by atoms with Gasteiger partial charge in [0.05, 0.1) is 18.8 Å². The molecule has 8 heteroatoms. The number of aromatic nitrogens is 3. The molecule has 0 amide bonds. The summed E-state index contributed by atoms with van der Waals surface area (Å²) in [5.41, 5.74) is 0.575. The Morgan fingerprint density at radius 1 is 1.33 bits per heavy atom. The van der Waals surface area contributed by atoms with Gasteiger partial charge in [-0.25, -0.2) is 9.37 Å². The fourth-order valence-electron chi connectivity index (χ4n) is 3.21. The van der Waals surface area contributed by atoms with Gasteiger partial charge in [-0.2, -0.15) is 4.52 Å². The summed E-state index contributed by atoms with van der Waals surface area (Å²) in [6.07, 6.45) is 0. The minimum atomic E-state index is -0.302. The summed E-state index contributed by atoms with van der Waals surface area (Å²) in [7, 11) is 0. The topological polar surface area (TPSA) is 64.1 Å². The van der Waals surface area contributed by atoms with Crippen molar-refractivity contribution >= 4 is 16.3 Å². The highest BCUT2D eigenvalue weighted by Crippen LogP contribution is 2.35. The quantitative estimate of drug-likeness (QED) is 0.739. The number of benzene rings is 1. The van der Waals surface area contributed by atoms with Gasteiger partial charge in [0, 0.05) is 0 Å². The largest absolute Gasteiger partial charge is 0.492 e. The molecular weight excluding hydrogens is 331 g/mol. The van der Waals surface area contributed by atoms with Crippen LogP contribution in [-0.2, 0) is 4.74 Å². The summed E-state index contributed by atoms with van der Waals surface area (Å²) >= 11 is 1.36. The van der Waals surface area contributed by atoms with Crippen molar-refractivity contribution in [1.82, 2.24) is 14.6 Å². The lowest BCUT2D eigenvalue weighted by Gasteiger charge is -2.31. The standard InChI is InChI=1S/C16H17FN4O2S/c1-10-18-16-21(19-10)15(22)14(24-16)13(20-6-8-23-9-7-20)11-4-2-3-5-12(11)17/h2-5,13,22H,6-9H2,1H3/p+1/t13-/m1/s1. The average molecular weight is 349 g/mol. The number of ether oxygens (including phenoxy) is 1. The van der Waals surface area contributed by atoms with E-state index in [0.29, 0.717) is 34.4 Å². The van der Waals surface area contributed by atoms with Crippen molar-refractivity contribution in [2.24, 2.45) is 0 Å². The summed E-state index contributed by atoms with van der Waals surface area (Å²) in [6, 6.07) is 6.44. The number of hydrogen-bond acceptors (Lipinski definition) is 5. The molecule has 1 saturated heterocycles. The molecule has 3 heterocycles. The van der Waals surface area contributed by atoms with Crippen molar-refractivity contribution < 1.29 is 19.1 Å². The van der Waals surface area contributed by atoms with Crippen LogP contribution in [0.1, 0.15) is 22.3 Å². The normalized spacial score (nSPS) is 17.4. The molecular formula is C16H18FN4O2S+. The predicted molar refractivity (Wildman–Crippen MR) is 87.0 cm³/mol. The van der Waals surface area contributed by atoms with E-state index in [4.69, 9.17) is 4.74 Å².